The van der Waals surface area contributed by atoms with Crippen molar-refractivity contribution in [3.05, 3.63) is 71.4 Å². The first kappa shape index (κ1) is 21.9. The zero-order valence-electron chi connectivity index (χ0n) is 16.9. The Morgan fingerprint density at radius 3 is 2.38 bits per heavy atom. The van der Waals surface area contributed by atoms with Gasteiger partial charge in [-0.25, -0.2) is 9.59 Å². The van der Waals surface area contributed by atoms with Gasteiger partial charge < -0.3 is 14.8 Å². The molecule has 0 fully saturated rings. The molecule has 0 aromatic heterocycles. The molecule has 0 radical (unpaired) electrons. The summed E-state index contributed by atoms with van der Waals surface area (Å²) in [5, 5.41) is 2.98. The number of Topliss-reactive ketones (excluding diaryl/α,β-unsaturated/α-hetero) is 1. The molecule has 0 amide bonds. The molecule has 0 atom stereocenters. The molecule has 0 aliphatic carbocycles. The summed E-state index contributed by atoms with van der Waals surface area (Å²) in [5.74, 6) is -0.965. The quantitative estimate of drug-likeness (QED) is 0.222. The molecule has 0 unspecified atom stereocenters. The van der Waals surface area contributed by atoms with Gasteiger partial charge >= 0.3 is 11.9 Å². The summed E-state index contributed by atoms with van der Waals surface area (Å²) in [7, 11) is 0. The molecular formula is C23H25NO5. The third-order valence-corrected chi connectivity index (χ3v) is 4.06. The van der Waals surface area contributed by atoms with E-state index >= 15 is 0 Å². The highest BCUT2D eigenvalue weighted by Gasteiger charge is 2.18. The van der Waals surface area contributed by atoms with Gasteiger partial charge in [0.15, 0.2) is 5.78 Å². The van der Waals surface area contributed by atoms with Gasteiger partial charge in [0.1, 0.15) is 11.3 Å². The Balaban J connectivity index is 2.14. The zero-order valence-corrected chi connectivity index (χ0v) is 16.9. The Kier molecular flexibility index (Phi) is 8.15. The molecule has 6 heteroatoms. The van der Waals surface area contributed by atoms with Crippen LogP contribution in [0.1, 0.15) is 42.6 Å². The Morgan fingerprint density at radius 1 is 1.03 bits per heavy atom. The normalized spacial score (nSPS) is 10.9. The van der Waals surface area contributed by atoms with Crippen molar-refractivity contribution < 1.29 is 23.9 Å². The number of hydrogen-bond donors (Lipinski definition) is 1. The highest BCUT2D eigenvalue weighted by Crippen LogP contribution is 2.23. The molecule has 0 aliphatic heterocycles. The standard InChI is InChI=1S/C23H25NO5/c1-4-9-21(25)19(23(27)28-5-2)15-24-20-13-12-18(14-16(20)3)29-22(26)17-10-7-6-8-11-17/h6-8,10-15,24H,4-5,9H2,1-3H3. The number of carbonyl (C=O) groups excluding carboxylic acids is 3. The van der Waals surface area contributed by atoms with E-state index in [0.29, 0.717) is 23.4 Å². The maximum Gasteiger partial charge on any atom is 0.343 e. The summed E-state index contributed by atoms with van der Waals surface area (Å²) in [4.78, 5) is 36.4. The second-order valence-corrected chi connectivity index (χ2v) is 6.33. The number of carbonyl (C=O) groups is 3. The van der Waals surface area contributed by atoms with Gasteiger partial charge in [-0.1, -0.05) is 25.1 Å². The first-order valence-corrected chi connectivity index (χ1v) is 9.51. The number of aryl methyl sites for hydroxylation is 1. The molecule has 0 saturated carbocycles. The lowest BCUT2D eigenvalue weighted by Crippen LogP contribution is -2.17. The fourth-order valence-corrected chi connectivity index (χ4v) is 2.58. The van der Waals surface area contributed by atoms with Crippen molar-refractivity contribution in [2.75, 3.05) is 11.9 Å². The monoisotopic (exact) mass is 395 g/mol. The van der Waals surface area contributed by atoms with Crippen LogP contribution in [0.3, 0.4) is 0 Å². The fraction of sp³-hybridized carbons (Fsp3) is 0.261. The van der Waals surface area contributed by atoms with Crippen LogP contribution in [0.15, 0.2) is 60.3 Å². The SMILES string of the molecule is CCCC(=O)C(=CNc1ccc(OC(=O)c2ccccc2)cc1C)C(=O)OCC. The number of hydrogen-bond acceptors (Lipinski definition) is 6. The van der Waals surface area contributed by atoms with Gasteiger partial charge in [-0.05, 0) is 56.2 Å². The summed E-state index contributed by atoms with van der Waals surface area (Å²) in [5.41, 5.74) is 1.90. The van der Waals surface area contributed by atoms with E-state index in [9.17, 15) is 14.4 Å². The second-order valence-electron chi connectivity index (χ2n) is 6.33. The van der Waals surface area contributed by atoms with E-state index < -0.39 is 11.9 Å². The number of esters is 2. The average Bonchev–Trinajstić information content (AvgIpc) is 2.70. The van der Waals surface area contributed by atoms with Crippen LogP contribution in [0, 0.1) is 6.92 Å². The van der Waals surface area contributed by atoms with Crippen LogP contribution in [-0.4, -0.2) is 24.3 Å². The minimum atomic E-state index is -0.649. The highest BCUT2D eigenvalue weighted by atomic mass is 16.5. The third-order valence-electron chi connectivity index (χ3n) is 4.06. The molecule has 0 spiro atoms. The fourth-order valence-electron chi connectivity index (χ4n) is 2.58. The van der Waals surface area contributed by atoms with E-state index in [0.717, 1.165) is 5.56 Å². The maximum atomic E-state index is 12.2. The number of ether oxygens (including phenoxy) is 2. The Bertz CT molecular complexity index is 883. The number of benzene rings is 2. The number of anilines is 1. The van der Waals surface area contributed by atoms with Crippen molar-refractivity contribution in [3.63, 3.8) is 0 Å². The highest BCUT2D eigenvalue weighted by molar-refractivity contribution is 6.17. The van der Waals surface area contributed by atoms with E-state index in [1.165, 1.54) is 6.20 Å². The van der Waals surface area contributed by atoms with Crippen molar-refractivity contribution >= 4 is 23.4 Å². The van der Waals surface area contributed by atoms with Gasteiger partial charge in [0.2, 0.25) is 0 Å². The Labute approximate surface area is 170 Å². The molecule has 0 heterocycles. The minimum Gasteiger partial charge on any atom is -0.462 e. The lowest BCUT2D eigenvalue weighted by molar-refractivity contribution is -0.140. The molecule has 2 aromatic carbocycles. The Hall–Kier alpha value is -3.41. The summed E-state index contributed by atoms with van der Waals surface area (Å²) >= 11 is 0. The van der Waals surface area contributed by atoms with Gasteiger partial charge in [-0.3, -0.25) is 4.79 Å². The molecule has 0 aliphatic rings. The summed E-state index contributed by atoms with van der Waals surface area (Å²) in [6.45, 7) is 5.57. The average molecular weight is 395 g/mol. The van der Waals surface area contributed by atoms with Crippen molar-refractivity contribution in [1.29, 1.82) is 0 Å². The molecule has 2 rings (SSSR count). The van der Waals surface area contributed by atoms with Gasteiger partial charge in [0, 0.05) is 18.3 Å². The van der Waals surface area contributed by atoms with Crippen molar-refractivity contribution in [2.45, 2.75) is 33.6 Å². The second kappa shape index (κ2) is 10.8. The molecule has 0 bridgehead atoms. The predicted molar refractivity (Wildman–Crippen MR) is 111 cm³/mol. The van der Waals surface area contributed by atoms with Crippen LogP contribution >= 0.6 is 0 Å². The predicted octanol–water partition coefficient (Wildman–Crippen LogP) is 4.44. The van der Waals surface area contributed by atoms with Crippen LogP contribution in [0.4, 0.5) is 5.69 Å². The molecule has 0 saturated heterocycles. The first-order valence-electron chi connectivity index (χ1n) is 9.51. The van der Waals surface area contributed by atoms with Crippen LogP contribution in [0.2, 0.25) is 0 Å². The summed E-state index contributed by atoms with van der Waals surface area (Å²) in [6, 6.07) is 13.8. The van der Waals surface area contributed by atoms with Crippen LogP contribution in [0.25, 0.3) is 0 Å². The maximum absolute atomic E-state index is 12.2. The van der Waals surface area contributed by atoms with E-state index in [2.05, 4.69) is 5.32 Å². The number of rotatable bonds is 9. The molecule has 2 aromatic rings. The Morgan fingerprint density at radius 2 is 1.76 bits per heavy atom. The largest absolute Gasteiger partial charge is 0.462 e. The van der Waals surface area contributed by atoms with Crippen LogP contribution in [0.5, 0.6) is 5.75 Å². The van der Waals surface area contributed by atoms with Gasteiger partial charge in [0.25, 0.3) is 0 Å². The van der Waals surface area contributed by atoms with Gasteiger partial charge in [-0.2, -0.15) is 0 Å². The van der Waals surface area contributed by atoms with E-state index in [-0.39, 0.29) is 24.4 Å². The topological polar surface area (TPSA) is 81.7 Å². The minimum absolute atomic E-state index is 0.0207. The van der Waals surface area contributed by atoms with E-state index in [1.54, 1.807) is 49.4 Å². The van der Waals surface area contributed by atoms with Crippen molar-refractivity contribution in [1.82, 2.24) is 0 Å². The van der Waals surface area contributed by atoms with Crippen LogP contribution < -0.4 is 10.1 Å². The van der Waals surface area contributed by atoms with Crippen molar-refractivity contribution in [2.24, 2.45) is 0 Å². The smallest absolute Gasteiger partial charge is 0.343 e. The van der Waals surface area contributed by atoms with Crippen molar-refractivity contribution in [3.8, 4) is 5.75 Å². The summed E-state index contributed by atoms with van der Waals surface area (Å²) < 4.78 is 10.4. The molecule has 6 nitrogen and oxygen atoms in total. The lowest BCUT2D eigenvalue weighted by atomic mass is 10.1. The third kappa shape index (κ3) is 6.31. The molecule has 1 N–H and O–H groups in total. The molecular weight excluding hydrogens is 370 g/mol. The molecule has 152 valence electrons. The first-order chi connectivity index (χ1) is 14.0. The number of nitrogens with one attached hydrogen (secondary N) is 1. The number of ketones is 1. The summed E-state index contributed by atoms with van der Waals surface area (Å²) in [6.07, 6.45) is 2.27. The zero-order chi connectivity index (χ0) is 21.2. The molecule has 29 heavy (non-hydrogen) atoms. The van der Waals surface area contributed by atoms with Gasteiger partial charge in [-0.15, -0.1) is 0 Å². The van der Waals surface area contributed by atoms with E-state index in [1.807, 2.05) is 19.9 Å². The van der Waals surface area contributed by atoms with E-state index in [4.69, 9.17) is 9.47 Å². The lowest BCUT2D eigenvalue weighted by Gasteiger charge is -2.11. The van der Waals surface area contributed by atoms with Crippen LogP contribution in [-0.2, 0) is 14.3 Å². The van der Waals surface area contributed by atoms with Gasteiger partial charge in [0.05, 0.1) is 12.2 Å².